The van der Waals surface area contributed by atoms with Gasteiger partial charge in [0, 0.05) is 30.3 Å². The Bertz CT molecular complexity index is 782. The van der Waals surface area contributed by atoms with Crippen LogP contribution in [0, 0.1) is 0 Å². The maximum atomic E-state index is 8.82. The van der Waals surface area contributed by atoms with Gasteiger partial charge in [0.2, 0.25) is 0 Å². The number of nitrogens with one attached hydrogen (secondary N) is 2. The van der Waals surface area contributed by atoms with Gasteiger partial charge in [-0.25, -0.2) is 4.99 Å². The molecule has 0 spiro atoms. The molecular formula is C21H27N3O2. The van der Waals surface area contributed by atoms with Crippen molar-refractivity contribution in [2.45, 2.75) is 39.0 Å². The maximum Gasteiger partial charge on any atom is 0.147 e. The number of hydrogen-bond donors (Lipinski definition) is 3. The molecule has 0 radical (unpaired) electrons. The normalized spacial score (nSPS) is 15.4. The zero-order valence-electron chi connectivity index (χ0n) is 15.3. The standard InChI is InChI=1S/C21H27N3O2/c1-2-26-21-15-19(18-9-7-12-22-18)24-20(21)14-17-11-10-16(23-17)8-5-3-4-6-13-25/h7,9-12,14-15,22-23,25H,2-6,8,13H2,1H3. The summed E-state index contributed by atoms with van der Waals surface area (Å²) in [7, 11) is 0. The van der Waals surface area contributed by atoms with Crippen molar-refractivity contribution in [1.29, 1.82) is 0 Å². The summed E-state index contributed by atoms with van der Waals surface area (Å²) in [5.74, 6) is 0.803. The first-order valence-corrected chi connectivity index (χ1v) is 9.38. The van der Waals surface area contributed by atoms with Crippen LogP contribution < -0.4 is 0 Å². The fourth-order valence-electron chi connectivity index (χ4n) is 3.03. The zero-order chi connectivity index (χ0) is 18.2. The van der Waals surface area contributed by atoms with Crippen molar-refractivity contribution in [2.75, 3.05) is 13.2 Å². The van der Waals surface area contributed by atoms with Crippen molar-refractivity contribution in [3.05, 3.63) is 65.1 Å². The van der Waals surface area contributed by atoms with E-state index in [1.807, 2.05) is 37.4 Å². The Morgan fingerprint density at radius 3 is 2.81 bits per heavy atom. The van der Waals surface area contributed by atoms with Gasteiger partial charge in [-0.15, -0.1) is 0 Å². The van der Waals surface area contributed by atoms with Crippen LogP contribution in [0.15, 0.2) is 53.0 Å². The molecule has 2 aromatic heterocycles. The number of aliphatic hydroxyl groups excluding tert-OH is 1. The predicted molar refractivity (Wildman–Crippen MR) is 105 cm³/mol. The molecule has 0 aliphatic carbocycles. The highest BCUT2D eigenvalue weighted by atomic mass is 16.5. The van der Waals surface area contributed by atoms with Gasteiger partial charge in [0.15, 0.2) is 0 Å². The second kappa shape index (κ2) is 9.25. The maximum absolute atomic E-state index is 8.82. The summed E-state index contributed by atoms with van der Waals surface area (Å²) in [5, 5.41) is 8.82. The van der Waals surface area contributed by atoms with E-state index in [2.05, 4.69) is 22.1 Å². The van der Waals surface area contributed by atoms with Gasteiger partial charge in [0.25, 0.3) is 0 Å². The monoisotopic (exact) mass is 353 g/mol. The minimum atomic E-state index is 0.293. The average Bonchev–Trinajstić information content (AvgIpc) is 3.37. The molecule has 138 valence electrons. The van der Waals surface area contributed by atoms with Crippen LogP contribution in [0.2, 0.25) is 0 Å². The summed E-state index contributed by atoms with van der Waals surface area (Å²) in [6.45, 7) is 2.88. The van der Waals surface area contributed by atoms with Crippen LogP contribution in [-0.4, -0.2) is 34.0 Å². The van der Waals surface area contributed by atoms with Crippen LogP contribution in [0.4, 0.5) is 0 Å². The smallest absolute Gasteiger partial charge is 0.147 e. The summed E-state index contributed by atoms with van der Waals surface area (Å²) in [5.41, 5.74) is 4.98. The summed E-state index contributed by atoms with van der Waals surface area (Å²) in [6, 6.07) is 8.19. The molecular weight excluding hydrogens is 326 g/mol. The first-order chi connectivity index (χ1) is 12.8. The van der Waals surface area contributed by atoms with E-state index in [1.54, 1.807) is 0 Å². The Labute approximate surface area is 154 Å². The number of nitrogens with zero attached hydrogens (tertiary/aromatic N) is 1. The number of aromatic nitrogens is 2. The van der Waals surface area contributed by atoms with E-state index in [0.717, 1.165) is 60.7 Å². The molecule has 3 heterocycles. The van der Waals surface area contributed by atoms with E-state index in [9.17, 15) is 0 Å². The highest BCUT2D eigenvalue weighted by molar-refractivity contribution is 6.11. The lowest BCUT2D eigenvalue weighted by Gasteiger charge is -2.04. The number of aromatic amines is 2. The van der Waals surface area contributed by atoms with Crippen LogP contribution >= 0.6 is 0 Å². The molecule has 0 saturated carbocycles. The third-order valence-corrected chi connectivity index (χ3v) is 4.35. The topological polar surface area (TPSA) is 73.4 Å². The number of aliphatic hydroxyl groups is 1. The van der Waals surface area contributed by atoms with E-state index in [4.69, 9.17) is 14.8 Å². The molecule has 3 N–H and O–H groups in total. The molecule has 0 fully saturated rings. The van der Waals surface area contributed by atoms with E-state index < -0.39 is 0 Å². The first kappa shape index (κ1) is 18.3. The Hall–Kier alpha value is -2.53. The lowest BCUT2D eigenvalue weighted by atomic mass is 10.1. The first-order valence-electron chi connectivity index (χ1n) is 9.38. The summed E-state index contributed by atoms with van der Waals surface area (Å²) in [4.78, 5) is 11.4. The Balaban J connectivity index is 1.67. The largest absolute Gasteiger partial charge is 0.492 e. The fraction of sp³-hybridized carbons (Fsp3) is 0.381. The average molecular weight is 353 g/mol. The number of aliphatic imine (C=N–C) groups is 1. The van der Waals surface area contributed by atoms with Crippen LogP contribution in [0.1, 0.15) is 49.7 Å². The fourth-order valence-corrected chi connectivity index (χ4v) is 3.03. The molecule has 0 unspecified atom stereocenters. The Kier molecular flexibility index (Phi) is 6.50. The molecule has 5 heteroatoms. The number of H-pyrrole nitrogens is 2. The van der Waals surface area contributed by atoms with Crippen LogP contribution in [-0.2, 0) is 11.2 Å². The highest BCUT2D eigenvalue weighted by Gasteiger charge is 2.17. The van der Waals surface area contributed by atoms with Crippen molar-refractivity contribution in [3.8, 4) is 0 Å². The lowest BCUT2D eigenvalue weighted by Crippen LogP contribution is -1.94. The van der Waals surface area contributed by atoms with E-state index in [1.165, 1.54) is 5.69 Å². The molecule has 0 atom stereocenters. The third kappa shape index (κ3) is 4.76. The van der Waals surface area contributed by atoms with E-state index >= 15 is 0 Å². The Morgan fingerprint density at radius 1 is 1.15 bits per heavy atom. The molecule has 3 rings (SSSR count). The summed E-state index contributed by atoms with van der Waals surface area (Å²) >= 11 is 0. The van der Waals surface area contributed by atoms with Gasteiger partial charge in [-0.1, -0.05) is 12.8 Å². The van der Waals surface area contributed by atoms with Gasteiger partial charge in [-0.2, -0.15) is 0 Å². The molecule has 1 aliphatic heterocycles. The lowest BCUT2D eigenvalue weighted by molar-refractivity contribution is 0.239. The van der Waals surface area contributed by atoms with Crippen molar-refractivity contribution in [3.63, 3.8) is 0 Å². The number of ether oxygens (including phenoxy) is 1. The molecule has 5 nitrogen and oxygen atoms in total. The van der Waals surface area contributed by atoms with Gasteiger partial charge < -0.3 is 19.8 Å². The molecule has 0 saturated heterocycles. The van der Waals surface area contributed by atoms with Crippen LogP contribution in [0.25, 0.3) is 6.08 Å². The Morgan fingerprint density at radius 2 is 2.04 bits per heavy atom. The highest BCUT2D eigenvalue weighted by Crippen LogP contribution is 2.25. The molecule has 2 aromatic rings. The summed E-state index contributed by atoms with van der Waals surface area (Å²) < 4.78 is 5.76. The molecule has 0 bridgehead atoms. The molecule has 0 amide bonds. The minimum Gasteiger partial charge on any atom is -0.492 e. The molecule has 26 heavy (non-hydrogen) atoms. The van der Waals surface area contributed by atoms with E-state index in [-0.39, 0.29) is 0 Å². The number of rotatable bonds is 10. The van der Waals surface area contributed by atoms with Gasteiger partial charge in [0.05, 0.1) is 18.0 Å². The van der Waals surface area contributed by atoms with Crippen molar-refractivity contribution in [1.82, 2.24) is 9.97 Å². The van der Waals surface area contributed by atoms with Gasteiger partial charge >= 0.3 is 0 Å². The van der Waals surface area contributed by atoms with Crippen LogP contribution in [0.5, 0.6) is 0 Å². The van der Waals surface area contributed by atoms with Gasteiger partial charge in [0.1, 0.15) is 11.5 Å². The number of allylic oxidation sites excluding steroid dienone is 1. The number of hydrogen-bond acceptors (Lipinski definition) is 3. The third-order valence-electron chi connectivity index (χ3n) is 4.35. The van der Waals surface area contributed by atoms with Crippen molar-refractivity contribution in [2.24, 2.45) is 4.99 Å². The van der Waals surface area contributed by atoms with E-state index in [0.29, 0.717) is 13.2 Å². The minimum absolute atomic E-state index is 0.293. The van der Waals surface area contributed by atoms with Crippen molar-refractivity contribution >= 4 is 11.8 Å². The molecule has 0 aromatic carbocycles. The van der Waals surface area contributed by atoms with Crippen molar-refractivity contribution < 1.29 is 9.84 Å². The molecule has 1 aliphatic rings. The number of aryl methyl sites for hydroxylation is 1. The number of unbranched alkanes of at least 4 members (excludes halogenated alkanes) is 3. The van der Waals surface area contributed by atoms with Gasteiger partial charge in [-0.05, 0) is 56.5 Å². The quantitative estimate of drug-likeness (QED) is 0.560. The second-order valence-corrected chi connectivity index (χ2v) is 6.38. The predicted octanol–water partition coefficient (Wildman–Crippen LogP) is 4.20. The summed E-state index contributed by atoms with van der Waals surface area (Å²) in [6.07, 6.45) is 11.2. The van der Waals surface area contributed by atoms with Crippen LogP contribution in [0.3, 0.4) is 0 Å². The second-order valence-electron chi connectivity index (χ2n) is 6.38. The van der Waals surface area contributed by atoms with Gasteiger partial charge in [-0.3, -0.25) is 0 Å². The zero-order valence-corrected chi connectivity index (χ0v) is 15.3. The SMILES string of the molecule is CCOC1=CC(c2ccc[nH]2)=NC1=Cc1ccc(CCCCCCO)[nH]1.